The second-order valence-electron chi connectivity index (χ2n) is 16.5. The number of allylic oxidation sites excluding steroid dienone is 8. The molecule has 0 heterocycles. The van der Waals surface area contributed by atoms with Crippen LogP contribution in [0.3, 0.4) is 0 Å². The first-order valence-corrected chi connectivity index (χ1v) is 26.1. The highest BCUT2D eigenvalue weighted by molar-refractivity contribution is 7.47. The molecule has 60 heavy (non-hydrogen) atoms. The summed E-state index contributed by atoms with van der Waals surface area (Å²) < 4.78 is 33.5. The smallest absolute Gasteiger partial charge is 0.457 e. The van der Waals surface area contributed by atoms with Crippen LogP contribution in [-0.4, -0.2) is 66.3 Å². The molecule has 0 bridgehead atoms. The van der Waals surface area contributed by atoms with Gasteiger partial charge in [0.25, 0.3) is 0 Å². The first-order valence-electron chi connectivity index (χ1n) is 24.6. The number of hydrogen-bond acceptors (Lipinski definition) is 8. The number of unbranched alkanes of at least 4 members (excludes halogenated alkanes) is 25. The Hall–Kier alpha value is -1.58. The molecule has 0 aromatic carbocycles. The number of ether oxygens (including phenoxy) is 2. The van der Waals surface area contributed by atoms with Gasteiger partial charge in [-0.15, -0.1) is 0 Å². The summed E-state index contributed by atoms with van der Waals surface area (Å²) >= 11 is 0. The Morgan fingerprint density at radius 3 is 1.37 bits per heavy atom. The van der Waals surface area contributed by atoms with Crippen molar-refractivity contribution in [2.24, 2.45) is 0 Å². The maximum Gasteiger partial charge on any atom is 0.472 e. The van der Waals surface area contributed by atoms with E-state index in [1.165, 1.54) is 141 Å². The Morgan fingerprint density at radius 2 is 0.900 bits per heavy atom. The molecule has 3 unspecified atom stereocenters. The SMILES string of the molecule is CCCCC/C=C\C/C=C\CCCCCCCCOCC(COP(=O)(O)OCC(O)CO)OC(=O)CCCCCCCCCCCCC/C=C\C/C=C\CCCCCCC. The summed E-state index contributed by atoms with van der Waals surface area (Å²) in [6.07, 6.45) is 53.6. The van der Waals surface area contributed by atoms with Gasteiger partial charge in [-0.1, -0.05) is 184 Å². The zero-order valence-electron chi connectivity index (χ0n) is 38.7. The van der Waals surface area contributed by atoms with Crippen LogP contribution < -0.4 is 0 Å². The molecule has 0 fully saturated rings. The average molecular weight is 869 g/mol. The molecule has 3 N–H and O–H groups in total. The van der Waals surface area contributed by atoms with Crippen LogP contribution in [0.25, 0.3) is 0 Å². The number of carbonyl (C=O) groups is 1. The zero-order valence-corrected chi connectivity index (χ0v) is 39.6. The molecule has 0 aliphatic heterocycles. The van der Waals surface area contributed by atoms with Crippen molar-refractivity contribution in [2.75, 3.05) is 33.0 Å². The van der Waals surface area contributed by atoms with E-state index in [9.17, 15) is 19.4 Å². The molecular formula is C50H93O9P. The van der Waals surface area contributed by atoms with Gasteiger partial charge in [-0.05, 0) is 77.0 Å². The van der Waals surface area contributed by atoms with E-state index in [0.29, 0.717) is 6.61 Å². The lowest BCUT2D eigenvalue weighted by Crippen LogP contribution is -2.29. The molecule has 0 rings (SSSR count). The fraction of sp³-hybridized carbons (Fsp3) is 0.820. The van der Waals surface area contributed by atoms with E-state index in [1.54, 1.807) is 0 Å². The Balaban J connectivity index is 4.09. The van der Waals surface area contributed by atoms with Gasteiger partial charge in [0, 0.05) is 13.0 Å². The largest absolute Gasteiger partial charge is 0.472 e. The first-order chi connectivity index (χ1) is 29.3. The second kappa shape index (κ2) is 46.9. The maximum atomic E-state index is 12.7. The van der Waals surface area contributed by atoms with Gasteiger partial charge in [0.15, 0.2) is 0 Å². The normalized spacial score (nSPS) is 14.3. The Bertz CT molecular complexity index is 1080. The molecule has 0 spiro atoms. The highest BCUT2D eigenvalue weighted by Crippen LogP contribution is 2.43. The van der Waals surface area contributed by atoms with Crippen LogP contribution in [0.4, 0.5) is 0 Å². The number of rotatable bonds is 47. The van der Waals surface area contributed by atoms with E-state index in [0.717, 1.165) is 57.8 Å². The molecule has 0 aromatic rings. The number of hydrogen-bond donors (Lipinski definition) is 3. The number of carbonyl (C=O) groups excluding carboxylic acids is 1. The number of phosphoric acid groups is 1. The minimum absolute atomic E-state index is 0.0412. The molecule has 3 atom stereocenters. The molecule has 0 saturated heterocycles. The van der Waals surface area contributed by atoms with Gasteiger partial charge in [0.2, 0.25) is 0 Å². The molecule has 0 aliphatic carbocycles. The van der Waals surface area contributed by atoms with Gasteiger partial charge in [-0.2, -0.15) is 0 Å². The predicted octanol–water partition coefficient (Wildman–Crippen LogP) is 14.1. The molecular weight excluding hydrogens is 776 g/mol. The van der Waals surface area contributed by atoms with Crippen molar-refractivity contribution < 1.29 is 43.0 Å². The standard InChI is InChI=1S/C50H93O9P/c1-3-5-7-9-11-13-15-17-19-21-22-23-24-25-26-27-28-30-32-34-36-38-40-42-50(53)59-49(47-58-60(54,55)57-45-48(52)44-51)46-56-43-41-39-37-35-33-31-29-20-18-16-14-12-10-8-6-4-2/h12,14-15,17-18,20-22,48-49,51-52H,3-11,13,16,19,23-47H2,1-2H3,(H,54,55)/b14-12-,17-15-,20-18-,22-21-. The molecule has 0 aliphatic rings. The van der Waals surface area contributed by atoms with Gasteiger partial charge in [-0.25, -0.2) is 4.57 Å². The van der Waals surface area contributed by atoms with Gasteiger partial charge < -0.3 is 24.6 Å². The number of aliphatic hydroxyl groups excluding tert-OH is 2. The molecule has 0 aromatic heterocycles. The van der Waals surface area contributed by atoms with Crippen LogP contribution in [0.2, 0.25) is 0 Å². The lowest BCUT2D eigenvalue weighted by atomic mass is 10.0. The molecule has 10 heteroatoms. The van der Waals surface area contributed by atoms with Crippen LogP contribution in [-0.2, 0) is 27.9 Å². The number of phosphoric ester groups is 1. The van der Waals surface area contributed by atoms with Crippen molar-refractivity contribution in [2.45, 2.75) is 232 Å². The van der Waals surface area contributed by atoms with E-state index in [1.807, 2.05) is 0 Å². The van der Waals surface area contributed by atoms with Crippen molar-refractivity contribution in [3.63, 3.8) is 0 Å². The van der Waals surface area contributed by atoms with E-state index < -0.39 is 33.2 Å². The fourth-order valence-electron chi connectivity index (χ4n) is 6.71. The van der Waals surface area contributed by atoms with Crippen molar-refractivity contribution in [3.05, 3.63) is 48.6 Å². The second-order valence-corrected chi connectivity index (χ2v) is 17.9. The molecule has 9 nitrogen and oxygen atoms in total. The fourth-order valence-corrected chi connectivity index (χ4v) is 7.50. The third-order valence-corrected chi connectivity index (χ3v) is 11.4. The predicted molar refractivity (Wildman–Crippen MR) is 251 cm³/mol. The van der Waals surface area contributed by atoms with Gasteiger partial charge in [0.05, 0.1) is 26.4 Å². The van der Waals surface area contributed by atoms with Crippen molar-refractivity contribution in [1.29, 1.82) is 0 Å². The van der Waals surface area contributed by atoms with Crippen LogP contribution >= 0.6 is 7.82 Å². The summed E-state index contributed by atoms with van der Waals surface area (Å²) in [7, 11) is -4.53. The highest BCUT2D eigenvalue weighted by atomic mass is 31.2. The van der Waals surface area contributed by atoms with Crippen LogP contribution in [0.15, 0.2) is 48.6 Å². The zero-order chi connectivity index (χ0) is 43.9. The minimum Gasteiger partial charge on any atom is -0.457 e. The van der Waals surface area contributed by atoms with E-state index in [-0.39, 0.29) is 25.6 Å². The minimum atomic E-state index is -4.53. The molecule has 352 valence electrons. The first kappa shape index (κ1) is 58.4. The average Bonchev–Trinajstić information content (AvgIpc) is 3.24. The third-order valence-electron chi connectivity index (χ3n) is 10.5. The summed E-state index contributed by atoms with van der Waals surface area (Å²) in [6, 6.07) is 0. The molecule has 0 saturated carbocycles. The quantitative estimate of drug-likeness (QED) is 0.0237. The Kier molecular flexibility index (Phi) is 45.7. The lowest BCUT2D eigenvalue weighted by molar-refractivity contribution is -0.154. The Labute approximate surface area is 368 Å². The highest BCUT2D eigenvalue weighted by Gasteiger charge is 2.26. The summed E-state index contributed by atoms with van der Waals surface area (Å²) in [5, 5.41) is 18.4. The van der Waals surface area contributed by atoms with Crippen molar-refractivity contribution >= 4 is 13.8 Å². The summed E-state index contributed by atoms with van der Waals surface area (Å²) in [4.78, 5) is 22.7. The van der Waals surface area contributed by atoms with E-state index in [2.05, 4.69) is 62.5 Å². The van der Waals surface area contributed by atoms with Gasteiger partial charge >= 0.3 is 13.8 Å². The lowest BCUT2D eigenvalue weighted by Gasteiger charge is -2.20. The third kappa shape index (κ3) is 45.9. The summed E-state index contributed by atoms with van der Waals surface area (Å²) in [6.45, 7) is 3.48. The van der Waals surface area contributed by atoms with Crippen LogP contribution in [0.5, 0.6) is 0 Å². The molecule has 0 radical (unpaired) electrons. The van der Waals surface area contributed by atoms with Crippen molar-refractivity contribution in [3.8, 4) is 0 Å². The van der Waals surface area contributed by atoms with E-state index in [4.69, 9.17) is 23.6 Å². The molecule has 0 amide bonds. The summed E-state index contributed by atoms with van der Waals surface area (Å²) in [5.74, 6) is -0.388. The number of esters is 1. The van der Waals surface area contributed by atoms with Crippen LogP contribution in [0, 0.1) is 0 Å². The topological polar surface area (TPSA) is 132 Å². The monoisotopic (exact) mass is 869 g/mol. The van der Waals surface area contributed by atoms with Gasteiger partial charge in [-0.3, -0.25) is 13.8 Å². The van der Waals surface area contributed by atoms with Crippen molar-refractivity contribution in [1.82, 2.24) is 0 Å². The maximum absolute atomic E-state index is 12.7. The number of aliphatic hydroxyl groups is 2. The van der Waals surface area contributed by atoms with E-state index >= 15 is 0 Å². The summed E-state index contributed by atoms with van der Waals surface area (Å²) in [5.41, 5.74) is 0. The Morgan fingerprint density at radius 1 is 0.517 bits per heavy atom. The van der Waals surface area contributed by atoms with Crippen LogP contribution in [0.1, 0.15) is 219 Å². The van der Waals surface area contributed by atoms with Gasteiger partial charge in [0.1, 0.15) is 12.2 Å².